The summed E-state index contributed by atoms with van der Waals surface area (Å²) >= 11 is 0. The van der Waals surface area contributed by atoms with Crippen molar-refractivity contribution in [2.45, 2.75) is 29.6 Å². The predicted molar refractivity (Wildman–Crippen MR) is 123 cm³/mol. The lowest BCUT2D eigenvalue weighted by Crippen LogP contribution is -2.46. The molecule has 32 heavy (non-hydrogen) atoms. The number of aromatic nitrogens is 2. The van der Waals surface area contributed by atoms with Gasteiger partial charge in [0.05, 0.1) is 10.3 Å². The van der Waals surface area contributed by atoms with Gasteiger partial charge in [0.2, 0.25) is 21.9 Å². The fourth-order valence-electron chi connectivity index (χ4n) is 3.82. The maximum absolute atomic E-state index is 13.2. The molecular formula is C23H25N5O3S. The van der Waals surface area contributed by atoms with Crippen LogP contribution < -0.4 is 11.1 Å². The van der Waals surface area contributed by atoms with E-state index in [1.165, 1.54) is 26.2 Å². The Balaban J connectivity index is 1.53. The molecule has 3 N–H and O–H groups in total. The lowest BCUT2D eigenvalue weighted by molar-refractivity contribution is -0.124. The molecule has 1 amide bonds. The maximum atomic E-state index is 13.2. The van der Waals surface area contributed by atoms with Crippen LogP contribution in [0.5, 0.6) is 0 Å². The number of hydrogen-bond acceptors (Lipinski definition) is 6. The zero-order valence-corrected chi connectivity index (χ0v) is 18.8. The number of rotatable bonds is 6. The third-order valence-corrected chi connectivity index (χ3v) is 7.80. The second-order valence-electron chi connectivity index (χ2n) is 8.11. The normalized spacial score (nSPS) is 15.2. The summed E-state index contributed by atoms with van der Waals surface area (Å²) < 4.78 is 25.6. The molecule has 4 rings (SSSR count). The highest BCUT2D eigenvalue weighted by atomic mass is 32.2. The number of amides is 1. The SMILES string of the molecule is CN(C)S(=O)(=O)c1ccc(NC(=O)C2(c3ccc(-c4cnc(N)nc4)cc3)CCC2)cc1. The highest BCUT2D eigenvalue weighted by Crippen LogP contribution is 2.45. The summed E-state index contributed by atoms with van der Waals surface area (Å²) in [4.78, 5) is 21.5. The molecule has 1 heterocycles. The number of carbonyl (C=O) groups is 1. The fourth-order valence-corrected chi connectivity index (χ4v) is 4.72. The molecule has 3 aromatic rings. The molecule has 0 radical (unpaired) electrons. The highest BCUT2D eigenvalue weighted by molar-refractivity contribution is 7.89. The van der Waals surface area contributed by atoms with Crippen LogP contribution in [0.15, 0.2) is 65.8 Å². The average Bonchev–Trinajstić information content (AvgIpc) is 2.74. The average molecular weight is 452 g/mol. The molecular weight excluding hydrogens is 426 g/mol. The van der Waals surface area contributed by atoms with Crippen molar-refractivity contribution in [2.75, 3.05) is 25.1 Å². The Morgan fingerprint density at radius 3 is 2.06 bits per heavy atom. The first kappa shape index (κ1) is 21.9. The summed E-state index contributed by atoms with van der Waals surface area (Å²) in [7, 11) is -0.546. The van der Waals surface area contributed by atoms with E-state index in [2.05, 4.69) is 15.3 Å². The minimum absolute atomic E-state index is 0.0875. The van der Waals surface area contributed by atoms with Crippen molar-refractivity contribution in [3.05, 3.63) is 66.5 Å². The van der Waals surface area contributed by atoms with Gasteiger partial charge >= 0.3 is 0 Å². The molecule has 1 fully saturated rings. The second kappa shape index (κ2) is 8.33. The van der Waals surface area contributed by atoms with Crippen LogP contribution in [-0.4, -0.2) is 42.7 Å². The molecule has 0 unspecified atom stereocenters. The smallest absolute Gasteiger partial charge is 0.242 e. The number of carbonyl (C=O) groups excluding carboxylic acids is 1. The Bertz CT molecular complexity index is 1220. The van der Waals surface area contributed by atoms with Gasteiger partial charge in [0.25, 0.3) is 0 Å². The molecule has 1 saturated carbocycles. The van der Waals surface area contributed by atoms with Crippen LogP contribution in [0.1, 0.15) is 24.8 Å². The molecule has 2 aromatic carbocycles. The zero-order valence-electron chi connectivity index (χ0n) is 17.9. The molecule has 0 bridgehead atoms. The van der Waals surface area contributed by atoms with Gasteiger partial charge in [-0.15, -0.1) is 0 Å². The molecule has 166 valence electrons. The van der Waals surface area contributed by atoms with E-state index in [0.29, 0.717) is 5.69 Å². The number of hydrogen-bond donors (Lipinski definition) is 2. The van der Waals surface area contributed by atoms with Gasteiger partial charge in [-0.2, -0.15) is 0 Å². The standard InChI is InChI=1S/C23H25N5O3S/c1-28(2)32(30,31)20-10-8-19(9-11-20)27-21(29)23(12-3-13-23)18-6-4-16(5-7-18)17-14-25-22(24)26-15-17/h4-11,14-15H,3,12-13H2,1-2H3,(H,27,29)(H2,24,25,26). The highest BCUT2D eigenvalue weighted by Gasteiger charge is 2.45. The number of nitrogens with zero attached hydrogens (tertiary/aromatic N) is 3. The minimum Gasteiger partial charge on any atom is -0.368 e. The number of nitrogen functional groups attached to an aromatic ring is 1. The van der Waals surface area contributed by atoms with Gasteiger partial charge in [0.1, 0.15) is 0 Å². The van der Waals surface area contributed by atoms with Crippen molar-refractivity contribution in [1.82, 2.24) is 14.3 Å². The molecule has 0 aliphatic heterocycles. The van der Waals surface area contributed by atoms with E-state index in [1.807, 2.05) is 24.3 Å². The Kier molecular flexibility index (Phi) is 5.70. The largest absolute Gasteiger partial charge is 0.368 e. The summed E-state index contributed by atoms with van der Waals surface area (Å²) in [6.07, 6.45) is 5.83. The Morgan fingerprint density at radius 2 is 1.56 bits per heavy atom. The first-order valence-corrected chi connectivity index (χ1v) is 11.7. The first-order valence-electron chi connectivity index (χ1n) is 10.2. The van der Waals surface area contributed by atoms with Crippen molar-refractivity contribution in [2.24, 2.45) is 0 Å². The molecule has 9 heteroatoms. The Hall–Kier alpha value is -3.30. The van der Waals surface area contributed by atoms with Gasteiger partial charge in [0.15, 0.2) is 0 Å². The van der Waals surface area contributed by atoms with E-state index in [9.17, 15) is 13.2 Å². The molecule has 0 spiro atoms. The number of benzene rings is 2. The van der Waals surface area contributed by atoms with Crippen molar-refractivity contribution >= 4 is 27.6 Å². The number of sulfonamides is 1. The third-order valence-electron chi connectivity index (χ3n) is 5.98. The molecule has 8 nitrogen and oxygen atoms in total. The molecule has 1 aromatic heterocycles. The Morgan fingerprint density at radius 1 is 0.969 bits per heavy atom. The number of nitrogens with two attached hydrogens (primary N) is 1. The zero-order chi connectivity index (χ0) is 22.9. The lowest BCUT2D eigenvalue weighted by atomic mass is 9.63. The fraction of sp³-hybridized carbons (Fsp3) is 0.261. The van der Waals surface area contributed by atoms with Crippen LogP contribution in [0, 0.1) is 0 Å². The summed E-state index contributed by atoms with van der Waals surface area (Å²) in [5.41, 5.74) is 8.27. The van der Waals surface area contributed by atoms with Gasteiger partial charge in [0, 0.05) is 37.7 Å². The summed E-state index contributed by atoms with van der Waals surface area (Å²) in [6.45, 7) is 0. The van der Waals surface area contributed by atoms with Crippen LogP contribution in [0.4, 0.5) is 11.6 Å². The van der Waals surface area contributed by atoms with Crippen molar-refractivity contribution in [3.63, 3.8) is 0 Å². The minimum atomic E-state index is -3.51. The monoisotopic (exact) mass is 451 g/mol. The van der Waals surface area contributed by atoms with Crippen LogP contribution in [0.2, 0.25) is 0 Å². The lowest BCUT2D eigenvalue weighted by Gasteiger charge is -2.40. The summed E-state index contributed by atoms with van der Waals surface area (Å²) in [6, 6.07) is 14.1. The van der Waals surface area contributed by atoms with E-state index in [-0.39, 0.29) is 16.8 Å². The van der Waals surface area contributed by atoms with Crippen molar-refractivity contribution in [3.8, 4) is 11.1 Å². The number of anilines is 2. The van der Waals surface area contributed by atoms with Crippen molar-refractivity contribution in [1.29, 1.82) is 0 Å². The predicted octanol–water partition coefficient (Wildman–Crippen LogP) is 3.04. The van der Waals surface area contributed by atoms with Gasteiger partial charge in [-0.3, -0.25) is 4.79 Å². The maximum Gasteiger partial charge on any atom is 0.242 e. The van der Waals surface area contributed by atoms with E-state index < -0.39 is 15.4 Å². The van der Waals surface area contributed by atoms with Gasteiger partial charge in [-0.25, -0.2) is 22.7 Å². The van der Waals surface area contributed by atoms with Crippen LogP contribution in [-0.2, 0) is 20.2 Å². The topological polar surface area (TPSA) is 118 Å². The van der Waals surface area contributed by atoms with Crippen molar-refractivity contribution < 1.29 is 13.2 Å². The van der Waals surface area contributed by atoms with Crippen LogP contribution in [0.25, 0.3) is 11.1 Å². The van der Waals surface area contributed by atoms with E-state index in [4.69, 9.17) is 5.73 Å². The molecule has 0 atom stereocenters. The van der Waals surface area contributed by atoms with Crippen LogP contribution >= 0.6 is 0 Å². The van der Waals surface area contributed by atoms with Crippen LogP contribution in [0.3, 0.4) is 0 Å². The molecule has 1 aliphatic carbocycles. The van der Waals surface area contributed by atoms with Gasteiger partial charge < -0.3 is 11.1 Å². The van der Waals surface area contributed by atoms with Gasteiger partial charge in [-0.05, 0) is 48.2 Å². The van der Waals surface area contributed by atoms with E-state index in [0.717, 1.165) is 40.3 Å². The summed E-state index contributed by atoms with van der Waals surface area (Å²) in [5, 5.41) is 2.96. The Labute approximate surface area is 187 Å². The quantitative estimate of drug-likeness (QED) is 0.595. The molecule has 1 aliphatic rings. The van der Waals surface area contributed by atoms with E-state index >= 15 is 0 Å². The van der Waals surface area contributed by atoms with E-state index in [1.54, 1.807) is 24.5 Å². The molecule has 0 saturated heterocycles. The third kappa shape index (κ3) is 3.96. The van der Waals surface area contributed by atoms with Gasteiger partial charge in [-0.1, -0.05) is 30.7 Å². The number of nitrogens with one attached hydrogen (secondary N) is 1. The second-order valence-corrected chi connectivity index (χ2v) is 10.3. The summed E-state index contributed by atoms with van der Waals surface area (Å²) in [5.74, 6) is 0.137. The first-order chi connectivity index (χ1) is 15.2.